The van der Waals surface area contributed by atoms with Crippen molar-refractivity contribution in [3.05, 3.63) is 0 Å². The van der Waals surface area contributed by atoms with E-state index >= 15 is 0 Å². The van der Waals surface area contributed by atoms with Crippen molar-refractivity contribution in [1.82, 2.24) is 0 Å². The minimum Gasteiger partial charge on any atom is -0.469 e. The van der Waals surface area contributed by atoms with E-state index in [1.807, 2.05) is 0 Å². The Hall–Kier alpha value is -1.30. The molecule has 0 spiro atoms. The molecule has 3 rings (SSSR count). The maximum Gasteiger partial charge on any atom is 0.321 e. The van der Waals surface area contributed by atoms with Gasteiger partial charge in [0.2, 0.25) is 0 Å². The van der Waals surface area contributed by atoms with E-state index < -0.39 is 55.5 Å². The second kappa shape index (κ2) is 6.67. The number of ether oxygens (including phenoxy) is 7. The van der Waals surface area contributed by atoms with Crippen molar-refractivity contribution in [2.24, 2.45) is 0 Å². The van der Waals surface area contributed by atoms with Gasteiger partial charge in [-0.15, -0.1) is 0 Å². The summed E-state index contributed by atoms with van der Waals surface area (Å²) in [5.41, 5.74) is 0. The minimum atomic E-state index is -1.35. The van der Waals surface area contributed by atoms with Crippen LogP contribution in [0.2, 0.25) is 0 Å². The predicted octanol–water partition coefficient (Wildman–Crippen LogP) is -1.36. The smallest absolute Gasteiger partial charge is 0.321 e. The third kappa shape index (κ3) is 3.47. The fourth-order valence-electron chi connectivity index (χ4n) is 2.61. The summed E-state index contributed by atoms with van der Waals surface area (Å²) in [6.45, 7) is 0.684. The summed E-state index contributed by atoms with van der Waals surface area (Å²) in [4.78, 5) is 22.4. The highest BCUT2D eigenvalue weighted by atomic mass is 16.9. The molecule has 0 amide bonds. The van der Waals surface area contributed by atoms with E-state index in [0.717, 1.165) is 7.11 Å². The molecule has 3 fully saturated rings. The van der Waals surface area contributed by atoms with Crippen LogP contribution in [0.1, 0.15) is 13.3 Å². The molecule has 0 bridgehead atoms. The highest BCUT2D eigenvalue weighted by molar-refractivity contribution is 5.91. The van der Waals surface area contributed by atoms with Gasteiger partial charge in [0.05, 0.1) is 13.7 Å². The van der Waals surface area contributed by atoms with Crippen LogP contribution in [0, 0.1) is 0 Å². The zero-order chi connectivity index (χ0) is 16.6. The molecule has 0 radical (unpaired) electrons. The van der Waals surface area contributed by atoms with Crippen molar-refractivity contribution >= 4 is 11.9 Å². The Labute approximate surface area is 131 Å². The molecule has 7 unspecified atom stereocenters. The van der Waals surface area contributed by atoms with E-state index in [-0.39, 0.29) is 6.29 Å². The number of carbonyl (C=O) groups is 2. The predicted molar refractivity (Wildman–Crippen MR) is 67.4 cm³/mol. The third-order valence-corrected chi connectivity index (χ3v) is 3.72. The van der Waals surface area contributed by atoms with Crippen LogP contribution in [0.4, 0.5) is 0 Å². The first-order chi connectivity index (χ1) is 11.0. The van der Waals surface area contributed by atoms with Crippen LogP contribution in [-0.2, 0) is 42.7 Å². The lowest BCUT2D eigenvalue weighted by molar-refractivity contribution is -0.272. The van der Waals surface area contributed by atoms with Crippen molar-refractivity contribution < 1.29 is 47.9 Å². The topological polar surface area (TPSA) is 119 Å². The molecule has 10 nitrogen and oxygen atoms in total. The Balaban J connectivity index is 1.50. The lowest BCUT2D eigenvalue weighted by Gasteiger charge is -2.22. The molecule has 130 valence electrons. The Morgan fingerprint density at radius 1 is 1.13 bits per heavy atom. The zero-order valence-electron chi connectivity index (χ0n) is 12.6. The molecule has 0 aromatic carbocycles. The number of carbonyl (C=O) groups excluding carboxylic acids is 2. The maximum atomic E-state index is 11.5. The summed E-state index contributed by atoms with van der Waals surface area (Å²) >= 11 is 0. The van der Waals surface area contributed by atoms with Gasteiger partial charge >= 0.3 is 18.4 Å². The fraction of sp³-hybridized carbons (Fsp3) is 0.846. The zero-order valence-corrected chi connectivity index (χ0v) is 12.6. The van der Waals surface area contributed by atoms with Gasteiger partial charge in [-0.3, -0.25) is 14.3 Å². The molecule has 0 aromatic heterocycles. The Bertz CT molecular complexity index is 468. The molecule has 0 saturated carbocycles. The Morgan fingerprint density at radius 3 is 2.52 bits per heavy atom. The van der Waals surface area contributed by atoms with Gasteiger partial charge in [0.15, 0.2) is 12.6 Å². The van der Waals surface area contributed by atoms with Gasteiger partial charge in [-0.2, -0.15) is 0 Å². The SMILES string of the molecule is COC(=O)CC(=O)OC1OC2OC(C3COC(C)O3)C(O)C2O1. The van der Waals surface area contributed by atoms with E-state index in [1.165, 1.54) is 0 Å². The van der Waals surface area contributed by atoms with Crippen LogP contribution in [0.5, 0.6) is 0 Å². The average molecular weight is 334 g/mol. The number of aliphatic hydroxyl groups is 1. The van der Waals surface area contributed by atoms with Crippen molar-refractivity contribution in [3.63, 3.8) is 0 Å². The quantitative estimate of drug-likeness (QED) is 0.487. The number of rotatable bonds is 4. The largest absolute Gasteiger partial charge is 0.469 e. The number of aliphatic hydroxyl groups excluding tert-OH is 1. The molecule has 1 N–H and O–H groups in total. The maximum absolute atomic E-state index is 11.5. The number of methoxy groups -OCH3 is 1. The van der Waals surface area contributed by atoms with Crippen LogP contribution in [0.3, 0.4) is 0 Å². The second-order valence-corrected chi connectivity index (χ2v) is 5.30. The normalized spacial score (nSPS) is 42.5. The monoisotopic (exact) mass is 334 g/mol. The summed E-state index contributed by atoms with van der Waals surface area (Å²) in [6, 6.07) is 0. The van der Waals surface area contributed by atoms with Crippen molar-refractivity contribution in [2.75, 3.05) is 13.7 Å². The number of fused-ring (bicyclic) bond motifs is 1. The van der Waals surface area contributed by atoms with E-state index in [2.05, 4.69) is 4.74 Å². The highest BCUT2D eigenvalue weighted by Gasteiger charge is 2.56. The summed E-state index contributed by atoms with van der Waals surface area (Å²) in [7, 11) is 1.16. The molecule has 7 atom stereocenters. The summed E-state index contributed by atoms with van der Waals surface area (Å²) < 4.78 is 36.0. The summed E-state index contributed by atoms with van der Waals surface area (Å²) in [5.74, 6) is -1.61. The molecular formula is C13H18O10. The molecule has 0 aromatic rings. The molecule has 3 heterocycles. The Kier molecular flexibility index (Phi) is 4.80. The van der Waals surface area contributed by atoms with Gasteiger partial charge in [-0.1, -0.05) is 0 Å². The third-order valence-electron chi connectivity index (χ3n) is 3.72. The van der Waals surface area contributed by atoms with E-state index in [1.54, 1.807) is 6.92 Å². The van der Waals surface area contributed by atoms with Crippen molar-refractivity contribution in [2.45, 2.75) is 56.8 Å². The second-order valence-electron chi connectivity index (χ2n) is 5.30. The lowest BCUT2D eigenvalue weighted by atomic mass is 10.1. The van der Waals surface area contributed by atoms with E-state index in [4.69, 9.17) is 28.4 Å². The van der Waals surface area contributed by atoms with Gasteiger partial charge in [-0.25, -0.2) is 0 Å². The van der Waals surface area contributed by atoms with Crippen molar-refractivity contribution in [1.29, 1.82) is 0 Å². The molecule has 23 heavy (non-hydrogen) atoms. The first-order valence-electron chi connectivity index (χ1n) is 7.15. The molecule has 3 aliphatic heterocycles. The van der Waals surface area contributed by atoms with Crippen LogP contribution in [0.25, 0.3) is 0 Å². The highest BCUT2D eigenvalue weighted by Crippen LogP contribution is 2.36. The first-order valence-corrected chi connectivity index (χ1v) is 7.15. The van der Waals surface area contributed by atoms with Crippen LogP contribution in [0.15, 0.2) is 0 Å². The van der Waals surface area contributed by atoms with Crippen LogP contribution < -0.4 is 0 Å². The number of hydrogen-bond acceptors (Lipinski definition) is 10. The van der Waals surface area contributed by atoms with Gasteiger partial charge in [-0.05, 0) is 6.92 Å². The molecular weight excluding hydrogens is 316 g/mol. The van der Waals surface area contributed by atoms with Crippen LogP contribution in [-0.4, -0.2) is 74.2 Å². The summed E-state index contributed by atoms with van der Waals surface area (Å²) in [5, 5.41) is 10.3. The Morgan fingerprint density at radius 2 is 1.91 bits per heavy atom. The molecule has 10 heteroatoms. The van der Waals surface area contributed by atoms with E-state index in [0.29, 0.717) is 6.61 Å². The summed E-state index contributed by atoms with van der Waals surface area (Å²) in [6.07, 6.45) is -4.78. The fourth-order valence-corrected chi connectivity index (χ4v) is 2.61. The number of hydrogen-bond donors (Lipinski definition) is 1. The van der Waals surface area contributed by atoms with Gasteiger partial charge in [0.25, 0.3) is 0 Å². The average Bonchev–Trinajstić information content (AvgIpc) is 3.16. The number of esters is 2. The van der Waals surface area contributed by atoms with Gasteiger partial charge in [0.1, 0.15) is 30.8 Å². The van der Waals surface area contributed by atoms with Crippen molar-refractivity contribution in [3.8, 4) is 0 Å². The van der Waals surface area contributed by atoms with Gasteiger partial charge < -0.3 is 33.5 Å². The van der Waals surface area contributed by atoms with E-state index in [9.17, 15) is 14.7 Å². The molecule has 0 aliphatic carbocycles. The van der Waals surface area contributed by atoms with Crippen LogP contribution >= 0.6 is 0 Å². The standard InChI is InChI=1S/C13H18O10/c1-5-18-4-6(19-5)10-9(16)11-12(21-10)23-13(22-11)20-8(15)3-7(14)17-2/h5-6,9-13,16H,3-4H2,1-2H3. The molecule has 3 saturated heterocycles. The minimum absolute atomic E-state index is 0.292. The lowest BCUT2D eigenvalue weighted by Crippen LogP contribution is -2.41. The van der Waals surface area contributed by atoms with Gasteiger partial charge in [0, 0.05) is 0 Å². The first kappa shape index (κ1) is 16.6. The molecule has 3 aliphatic rings.